The Kier molecular flexibility index (Phi) is 2.75. The molecule has 1 aromatic carbocycles. The molecule has 0 saturated heterocycles. The van der Waals surface area contributed by atoms with Gasteiger partial charge in [-0.2, -0.15) is 5.26 Å². The number of phenolic OH excluding ortho intramolecular Hbond substituents is 1. The van der Waals surface area contributed by atoms with Gasteiger partial charge in [-0.15, -0.1) is 0 Å². The minimum atomic E-state index is -0.437. The summed E-state index contributed by atoms with van der Waals surface area (Å²) >= 11 is 0. The zero-order valence-electron chi connectivity index (χ0n) is 11.7. The smallest absolute Gasteiger partial charge is 0.141 e. The summed E-state index contributed by atoms with van der Waals surface area (Å²) in [7, 11) is 0. The molecule has 0 atom stereocenters. The molecule has 3 aromatic heterocycles. The van der Waals surface area contributed by atoms with E-state index in [-0.39, 0.29) is 5.75 Å². The summed E-state index contributed by atoms with van der Waals surface area (Å²) in [6.45, 7) is 0. The average molecular weight is 304 g/mol. The zero-order chi connectivity index (χ0) is 16.0. The third-order valence-corrected chi connectivity index (χ3v) is 3.72. The highest BCUT2D eigenvalue weighted by Crippen LogP contribution is 2.33. The molecule has 4 aromatic rings. The molecule has 0 bridgehead atoms. The number of halogens is 1. The molecule has 3 heterocycles. The molecule has 23 heavy (non-hydrogen) atoms. The van der Waals surface area contributed by atoms with Gasteiger partial charge in [0.2, 0.25) is 0 Å². The van der Waals surface area contributed by atoms with Crippen LogP contribution >= 0.6 is 0 Å². The van der Waals surface area contributed by atoms with Crippen LogP contribution in [0.15, 0.2) is 42.7 Å². The molecule has 0 aliphatic rings. The lowest BCUT2D eigenvalue weighted by molar-refractivity contribution is 0.475. The fourth-order valence-corrected chi connectivity index (χ4v) is 2.62. The van der Waals surface area contributed by atoms with E-state index in [2.05, 4.69) is 15.0 Å². The Morgan fingerprint density at radius 1 is 1.09 bits per heavy atom. The number of hydrogen-bond acceptors (Lipinski definition) is 4. The van der Waals surface area contributed by atoms with Crippen LogP contribution in [0.4, 0.5) is 4.39 Å². The van der Waals surface area contributed by atoms with E-state index in [4.69, 9.17) is 5.26 Å². The number of hydrogen-bond donors (Lipinski definition) is 2. The monoisotopic (exact) mass is 304 g/mol. The van der Waals surface area contributed by atoms with Gasteiger partial charge in [0, 0.05) is 28.1 Å². The highest BCUT2D eigenvalue weighted by molar-refractivity contribution is 6.07. The molecule has 0 amide bonds. The molecule has 6 heteroatoms. The van der Waals surface area contributed by atoms with Crippen LogP contribution in [-0.2, 0) is 0 Å². The predicted molar refractivity (Wildman–Crippen MR) is 83.2 cm³/mol. The molecule has 0 aliphatic heterocycles. The summed E-state index contributed by atoms with van der Waals surface area (Å²) in [5, 5.41) is 20.5. The Labute approximate surface area is 129 Å². The number of aromatic hydroxyl groups is 1. The average Bonchev–Trinajstić information content (AvgIpc) is 2.94. The number of aromatic amines is 1. The van der Waals surface area contributed by atoms with E-state index in [9.17, 15) is 9.50 Å². The van der Waals surface area contributed by atoms with E-state index >= 15 is 0 Å². The minimum absolute atomic E-state index is 0.0215. The molecule has 0 fully saturated rings. The number of rotatable bonds is 1. The quantitative estimate of drug-likeness (QED) is 0.563. The molecule has 0 aliphatic carbocycles. The van der Waals surface area contributed by atoms with E-state index in [1.165, 1.54) is 18.2 Å². The highest BCUT2D eigenvalue weighted by atomic mass is 19.1. The van der Waals surface area contributed by atoms with E-state index in [0.29, 0.717) is 22.5 Å². The topological polar surface area (TPSA) is 85.6 Å². The lowest BCUT2D eigenvalue weighted by Gasteiger charge is -2.05. The van der Waals surface area contributed by atoms with Gasteiger partial charge in [-0.1, -0.05) is 0 Å². The van der Waals surface area contributed by atoms with Gasteiger partial charge in [-0.25, -0.2) is 14.4 Å². The van der Waals surface area contributed by atoms with E-state index < -0.39 is 5.82 Å². The van der Waals surface area contributed by atoms with Crippen molar-refractivity contribution < 1.29 is 9.50 Å². The van der Waals surface area contributed by atoms with Crippen molar-refractivity contribution in [2.75, 3.05) is 0 Å². The maximum absolute atomic E-state index is 13.5. The van der Waals surface area contributed by atoms with Crippen LogP contribution in [0.25, 0.3) is 33.1 Å². The number of benzene rings is 1. The van der Waals surface area contributed by atoms with Crippen LogP contribution in [0.1, 0.15) is 5.69 Å². The first-order chi connectivity index (χ1) is 11.2. The van der Waals surface area contributed by atoms with Gasteiger partial charge in [-0.05, 0) is 30.3 Å². The Balaban J connectivity index is 2.01. The van der Waals surface area contributed by atoms with Crippen LogP contribution in [0.5, 0.6) is 5.75 Å². The normalized spacial score (nSPS) is 11.0. The summed E-state index contributed by atoms with van der Waals surface area (Å²) in [4.78, 5) is 11.5. The Morgan fingerprint density at radius 3 is 2.78 bits per heavy atom. The van der Waals surface area contributed by atoms with E-state index in [1.807, 2.05) is 6.07 Å². The van der Waals surface area contributed by atoms with Crippen molar-refractivity contribution in [3.8, 4) is 22.9 Å². The molecule has 4 rings (SSSR count). The first-order valence-corrected chi connectivity index (χ1v) is 6.82. The molecule has 110 valence electrons. The molecular formula is C17H9FN4O. The van der Waals surface area contributed by atoms with Crippen LogP contribution < -0.4 is 0 Å². The van der Waals surface area contributed by atoms with Gasteiger partial charge >= 0.3 is 0 Å². The lowest BCUT2D eigenvalue weighted by atomic mass is 10.0. The Morgan fingerprint density at radius 2 is 1.96 bits per heavy atom. The predicted octanol–water partition coefficient (Wildman–Crippen LogP) is 3.49. The second kappa shape index (κ2) is 4.78. The van der Waals surface area contributed by atoms with Gasteiger partial charge in [0.15, 0.2) is 0 Å². The maximum Gasteiger partial charge on any atom is 0.141 e. The highest BCUT2D eigenvalue weighted by Gasteiger charge is 2.11. The van der Waals surface area contributed by atoms with Crippen LogP contribution in [0.3, 0.4) is 0 Å². The van der Waals surface area contributed by atoms with Crippen molar-refractivity contribution in [2.24, 2.45) is 0 Å². The third kappa shape index (κ3) is 2.07. The second-order valence-corrected chi connectivity index (χ2v) is 5.13. The van der Waals surface area contributed by atoms with Crippen LogP contribution in [0, 0.1) is 17.1 Å². The molecule has 0 spiro atoms. The third-order valence-electron chi connectivity index (χ3n) is 3.72. The fraction of sp³-hybridized carbons (Fsp3) is 0. The Bertz CT molecular complexity index is 1110. The largest absolute Gasteiger partial charge is 0.507 e. The van der Waals surface area contributed by atoms with Crippen molar-refractivity contribution >= 4 is 21.9 Å². The van der Waals surface area contributed by atoms with Crippen LogP contribution in [0.2, 0.25) is 0 Å². The summed E-state index contributed by atoms with van der Waals surface area (Å²) in [5.74, 6) is -0.459. The minimum Gasteiger partial charge on any atom is -0.507 e. The summed E-state index contributed by atoms with van der Waals surface area (Å²) in [6, 6.07) is 9.24. The van der Waals surface area contributed by atoms with Gasteiger partial charge in [0.25, 0.3) is 0 Å². The van der Waals surface area contributed by atoms with E-state index in [0.717, 1.165) is 16.3 Å². The molecule has 5 nitrogen and oxygen atoms in total. The summed E-state index contributed by atoms with van der Waals surface area (Å²) in [6.07, 6.45) is 3.14. The van der Waals surface area contributed by atoms with Gasteiger partial charge < -0.3 is 10.1 Å². The van der Waals surface area contributed by atoms with Crippen LogP contribution in [-0.4, -0.2) is 20.1 Å². The summed E-state index contributed by atoms with van der Waals surface area (Å²) < 4.78 is 13.5. The zero-order valence-corrected chi connectivity index (χ0v) is 11.7. The Hall–Kier alpha value is -3.46. The fourth-order valence-electron chi connectivity index (χ4n) is 2.62. The van der Waals surface area contributed by atoms with Crippen molar-refractivity contribution in [1.29, 1.82) is 5.26 Å². The second-order valence-electron chi connectivity index (χ2n) is 5.13. The number of fused-ring (bicyclic) bond motifs is 3. The number of nitrogens with one attached hydrogen (secondary N) is 1. The van der Waals surface area contributed by atoms with Crippen molar-refractivity contribution in [3.63, 3.8) is 0 Å². The number of aromatic nitrogens is 3. The van der Waals surface area contributed by atoms with Crippen molar-refractivity contribution in [2.45, 2.75) is 0 Å². The van der Waals surface area contributed by atoms with Gasteiger partial charge in [0.05, 0.1) is 11.7 Å². The van der Waals surface area contributed by atoms with Crippen molar-refractivity contribution in [1.82, 2.24) is 15.0 Å². The number of nitriles is 1. The first-order valence-electron chi connectivity index (χ1n) is 6.82. The summed E-state index contributed by atoms with van der Waals surface area (Å²) in [5.41, 5.74) is 2.65. The van der Waals surface area contributed by atoms with Crippen molar-refractivity contribution in [3.05, 3.63) is 54.2 Å². The number of phenols is 1. The number of nitrogens with zero attached hydrogens (tertiary/aromatic N) is 3. The number of pyridine rings is 2. The molecular weight excluding hydrogens is 295 g/mol. The maximum atomic E-state index is 13.5. The number of H-pyrrole nitrogens is 1. The van der Waals surface area contributed by atoms with E-state index in [1.54, 1.807) is 24.5 Å². The SMILES string of the molecule is N#Cc1cc2c(cn1)[nH]c1ncc(-c3cc(F)ccc3O)cc12. The lowest BCUT2D eigenvalue weighted by Crippen LogP contribution is -1.84. The first kappa shape index (κ1) is 13.2. The molecule has 2 N–H and O–H groups in total. The standard InChI is InChI=1S/C17H9FN4O/c18-10-1-2-16(23)12(4-10)9-3-14-13-5-11(6-19)20-8-15(13)22-17(14)21-7-9/h1-5,7-8,23H,(H,21,22). The molecule has 0 radical (unpaired) electrons. The molecule has 0 saturated carbocycles. The van der Waals surface area contributed by atoms with Gasteiger partial charge in [0.1, 0.15) is 29.0 Å². The molecule has 0 unspecified atom stereocenters. The van der Waals surface area contributed by atoms with Gasteiger partial charge in [-0.3, -0.25) is 0 Å².